The van der Waals surface area contributed by atoms with Crippen LogP contribution in [0.15, 0.2) is 12.4 Å². The highest BCUT2D eigenvalue weighted by molar-refractivity contribution is 5.86. The number of aromatic nitrogens is 2. The summed E-state index contributed by atoms with van der Waals surface area (Å²) in [4.78, 5) is 36.6. The molecule has 0 bridgehead atoms. The van der Waals surface area contributed by atoms with E-state index in [2.05, 4.69) is 26.5 Å². The average molecular weight is 362 g/mol. The molecule has 3 rings (SSSR count). The van der Waals surface area contributed by atoms with Crippen LogP contribution < -0.4 is 4.90 Å². The molecule has 1 unspecified atom stereocenters. The Labute approximate surface area is 153 Å². The third-order valence-corrected chi connectivity index (χ3v) is 4.98. The van der Waals surface area contributed by atoms with E-state index in [4.69, 9.17) is 4.74 Å². The number of hydrogen-bond acceptors (Lipinski definition) is 7. The fourth-order valence-electron chi connectivity index (χ4n) is 3.49. The van der Waals surface area contributed by atoms with Crippen molar-refractivity contribution >= 4 is 17.9 Å². The lowest BCUT2D eigenvalue weighted by Gasteiger charge is -2.43. The molecule has 1 spiro atoms. The maximum absolute atomic E-state index is 12.6. The number of rotatable bonds is 2. The van der Waals surface area contributed by atoms with Gasteiger partial charge in [0.05, 0.1) is 25.0 Å². The molecule has 0 aromatic carbocycles. The minimum absolute atomic E-state index is 0.179. The lowest BCUT2D eigenvalue weighted by molar-refractivity contribution is 0.00865. The van der Waals surface area contributed by atoms with E-state index in [-0.39, 0.29) is 17.3 Å². The Morgan fingerprint density at radius 2 is 1.92 bits per heavy atom. The quantitative estimate of drug-likeness (QED) is 0.745. The van der Waals surface area contributed by atoms with Crippen molar-refractivity contribution in [2.24, 2.45) is 5.92 Å². The first-order valence-corrected chi connectivity index (χ1v) is 8.82. The fourth-order valence-corrected chi connectivity index (χ4v) is 3.49. The molecule has 1 saturated heterocycles. The molecule has 26 heavy (non-hydrogen) atoms. The molecule has 2 heterocycles. The van der Waals surface area contributed by atoms with Gasteiger partial charge >= 0.3 is 12.1 Å². The van der Waals surface area contributed by atoms with E-state index in [1.54, 1.807) is 6.20 Å². The Balaban J connectivity index is 1.73. The van der Waals surface area contributed by atoms with Crippen LogP contribution in [0.1, 0.15) is 44.6 Å². The number of esters is 1. The number of hydrogen-bond donors (Lipinski definition) is 0. The first-order valence-electron chi connectivity index (χ1n) is 8.82. The van der Waals surface area contributed by atoms with Crippen LogP contribution in [0.25, 0.3) is 0 Å². The van der Waals surface area contributed by atoms with Gasteiger partial charge in [-0.15, -0.1) is 0 Å². The van der Waals surface area contributed by atoms with Crippen molar-refractivity contribution in [3.05, 3.63) is 18.1 Å². The van der Waals surface area contributed by atoms with Crippen molar-refractivity contribution in [2.75, 3.05) is 31.6 Å². The SMILES string of the molecule is COC(=O)c1cnc(N2CCN(C(=O)OC(C)(C)C)C3(C[C@H]3C)C2)cn1. The van der Waals surface area contributed by atoms with Crippen molar-refractivity contribution < 1.29 is 19.1 Å². The van der Waals surface area contributed by atoms with Gasteiger partial charge in [0, 0.05) is 19.6 Å². The van der Waals surface area contributed by atoms with Gasteiger partial charge in [-0.05, 0) is 33.1 Å². The van der Waals surface area contributed by atoms with Crippen molar-refractivity contribution in [1.82, 2.24) is 14.9 Å². The molecule has 1 aliphatic heterocycles. The third-order valence-electron chi connectivity index (χ3n) is 4.98. The molecule has 8 heteroatoms. The van der Waals surface area contributed by atoms with Gasteiger partial charge in [-0.3, -0.25) is 4.90 Å². The van der Waals surface area contributed by atoms with E-state index in [0.29, 0.717) is 31.4 Å². The number of carbonyl (C=O) groups is 2. The smallest absolute Gasteiger partial charge is 0.410 e. The summed E-state index contributed by atoms with van der Waals surface area (Å²) < 4.78 is 10.2. The molecular weight excluding hydrogens is 336 g/mol. The van der Waals surface area contributed by atoms with E-state index in [9.17, 15) is 9.59 Å². The summed E-state index contributed by atoms with van der Waals surface area (Å²) in [6.07, 6.45) is 3.69. The highest BCUT2D eigenvalue weighted by Gasteiger charge is 2.60. The Kier molecular flexibility index (Phi) is 4.54. The van der Waals surface area contributed by atoms with Gasteiger partial charge in [0.25, 0.3) is 0 Å². The summed E-state index contributed by atoms with van der Waals surface area (Å²) in [7, 11) is 1.31. The van der Waals surface area contributed by atoms with Gasteiger partial charge in [-0.1, -0.05) is 6.92 Å². The number of methoxy groups -OCH3 is 1. The van der Waals surface area contributed by atoms with E-state index in [1.807, 2.05) is 25.7 Å². The number of anilines is 1. The first kappa shape index (κ1) is 18.4. The molecule has 1 saturated carbocycles. The van der Waals surface area contributed by atoms with E-state index >= 15 is 0 Å². The molecule has 1 amide bonds. The van der Waals surface area contributed by atoms with Crippen molar-refractivity contribution in [3.8, 4) is 0 Å². The minimum Gasteiger partial charge on any atom is -0.464 e. The summed E-state index contributed by atoms with van der Waals surface area (Å²) in [5.74, 6) is 0.589. The van der Waals surface area contributed by atoms with E-state index in [0.717, 1.165) is 6.42 Å². The predicted molar refractivity (Wildman–Crippen MR) is 95.0 cm³/mol. The summed E-state index contributed by atoms with van der Waals surface area (Å²) in [5, 5.41) is 0. The summed E-state index contributed by atoms with van der Waals surface area (Å²) in [5.41, 5.74) is -0.551. The van der Waals surface area contributed by atoms with Gasteiger partial charge < -0.3 is 14.4 Å². The largest absolute Gasteiger partial charge is 0.464 e. The fraction of sp³-hybridized carbons (Fsp3) is 0.667. The van der Waals surface area contributed by atoms with E-state index in [1.165, 1.54) is 13.3 Å². The third kappa shape index (κ3) is 3.45. The maximum atomic E-state index is 12.6. The average Bonchev–Trinajstić information content (AvgIpc) is 3.21. The molecule has 2 atom stereocenters. The molecule has 8 nitrogen and oxygen atoms in total. The van der Waals surface area contributed by atoms with Gasteiger partial charge in [-0.25, -0.2) is 19.6 Å². The maximum Gasteiger partial charge on any atom is 0.410 e. The van der Waals surface area contributed by atoms with Crippen LogP contribution in [0.3, 0.4) is 0 Å². The van der Waals surface area contributed by atoms with E-state index < -0.39 is 11.6 Å². The van der Waals surface area contributed by atoms with Gasteiger partial charge in [0.1, 0.15) is 11.4 Å². The van der Waals surface area contributed by atoms with Crippen LogP contribution in [0.2, 0.25) is 0 Å². The van der Waals surface area contributed by atoms with Crippen LogP contribution >= 0.6 is 0 Å². The molecule has 0 radical (unpaired) electrons. The van der Waals surface area contributed by atoms with Crippen LogP contribution in [0.5, 0.6) is 0 Å². The predicted octanol–water partition coefficient (Wildman–Crippen LogP) is 2.10. The molecule has 142 valence electrons. The number of nitrogens with zero attached hydrogens (tertiary/aromatic N) is 4. The molecule has 1 aromatic heterocycles. The molecule has 2 fully saturated rings. The monoisotopic (exact) mass is 362 g/mol. The second kappa shape index (κ2) is 6.41. The number of amides is 1. The topological polar surface area (TPSA) is 84.9 Å². The number of carbonyl (C=O) groups excluding carboxylic acids is 2. The first-order chi connectivity index (χ1) is 12.2. The summed E-state index contributed by atoms with van der Waals surface area (Å²) in [6.45, 7) is 9.67. The van der Waals surface area contributed by atoms with Crippen molar-refractivity contribution in [2.45, 2.75) is 45.3 Å². The lowest BCUT2D eigenvalue weighted by Crippen LogP contribution is -2.59. The van der Waals surface area contributed by atoms with Crippen molar-refractivity contribution in [1.29, 1.82) is 0 Å². The summed E-state index contributed by atoms with van der Waals surface area (Å²) >= 11 is 0. The second-order valence-electron chi connectivity index (χ2n) is 8.01. The molecule has 2 aliphatic rings. The van der Waals surface area contributed by atoms with Crippen LogP contribution in [-0.4, -0.2) is 64.8 Å². The highest BCUT2D eigenvalue weighted by atomic mass is 16.6. The molecule has 1 aliphatic carbocycles. The van der Waals surface area contributed by atoms with Gasteiger partial charge in [-0.2, -0.15) is 0 Å². The van der Waals surface area contributed by atoms with Crippen LogP contribution in [-0.2, 0) is 9.47 Å². The normalized spacial score (nSPS) is 25.2. The number of ether oxygens (including phenoxy) is 2. The Morgan fingerprint density at radius 1 is 1.23 bits per heavy atom. The van der Waals surface area contributed by atoms with Crippen molar-refractivity contribution in [3.63, 3.8) is 0 Å². The Morgan fingerprint density at radius 3 is 2.42 bits per heavy atom. The standard InChI is InChI=1S/C18H26N4O4/c1-12-8-18(12)11-21(6-7-22(18)16(24)26-17(2,3)4)14-10-19-13(9-20-14)15(23)25-5/h9-10,12H,6-8,11H2,1-5H3/t12-,18?/m1/s1. The molecule has 0 N–H and O–H groups in total. The summed E-state index contributed by atoms with van der Waals surface area (Å²) in [6, 6.07) is 0. The Hall–Kier alpha value is -2.38. The Bertz CT molecular complexity index is 700. The van der Waals surface area contributed by atoms with Gasteiger partial charge in [0.2, 0.25) is 0 Å². The zero-order valence-corrected chi connectivity index (χ0v) is 16.0. The second-order valence-corrected chi connectivity index (χ2v) is 8.01. The zero-order chi connectivity index (χ0) is 19.1. The number of piperazine rings is 1. The van der Waals surface area contributed by atoms with Gasteiger partial charge in [0.15, 0.2) is 5.69 Å². The van der Waals surface area contributed by atoms with Crippen LogP contribution in [0, 0.1) is 5.92 Å². The van der Waals surface area contributed by atoms with Crippen LogP contribution in [0.4, 0.5) is 10.6 Å². The highest BCUT2D eigenvalue weighted by Crippen LogP contribution is 2.51. The zero-order valence-electron chi connectivity index (χ0n) is 16.0. The minimum atomic E-state index is -0.511. The lowest BCUT2D eigenvalue weighted by atomic mass is 10.1. The molecular formula is C18H26N4O4. The molecule has 1 aromatic rings.